The van der Waals surface area contributed by atoms with E-state index in [9.17, 15) is 0 Å². The molecule has 1 saturated heterocycles. The highest BCUT2D eigenvalue weighted by Gasteiger charge is 2.40. The zero-order chi connectivity index (χ0) is 14.8. The van der Waals surface area contributed by atoms with Crippen LogP contribution in [0.1, 0.15) is 38.3 Å². The van der Waals surface area contributed by atoms with Crippen molar-refractivity contribution in [1.29, 1.82) is 0 Å². The van der Waals surface area contributed by atoms with Crippen LogP contribution >= 0.6 is 11.6 Å². The highest BCUT2D eigenvalue weighted by atomic mass is 35.5. The average Bonchev–Trinajstić information content (AvgIpc) is 2.45. The van der Waals surface area contributed by atoms with Crippen LogP contribution in [0.5, 0.6) is 0 Å². The minimum Gasteiger partial charge on any atom is -0.378 e. The molecule has 112 valence electrons. The molecule has 2 N–H and O–H groups in total. The maximum atomic E-state index is 6.12. The van der Waals surface area contributed by atoms with Gasteiger partial charge in [-0.2, -0.15) is 0 Å². The van der Waals surface area contributed by atoms with E-state index >= 15 is 0 Å². The van der Waals surface area contributed by atoms with Crippen molar-refractivity contribution in [2.24, 2.45) is 5.73 Å². The minimum absolute atomic E-state index is 0.0133. The molecule has 0 saturated carbocycles. The standard InChI is InChI=1S/C16H25ClN2O/c1-12-10-16(11-18,7-8-20-12)19(3)13(2)14-5-4-6-15(17)9-14/h4-6,9,12-13H,7-8,10-11,18H2,1-3H3. The van der Waals surface area contributed by atoms with Gasteiger partial charge in [-0.1, -0.05) is 23.7 Å². The van der Waals surface area contributed by atoms with E-state index in [1.807, 2.05) is 18.2 Å². The Kier molecular flexibility index (Phi) is 5.08. The Labute approximate surface area is 127 Å². The monoisotopic (exact) mass is 296 g/mol. The Balaban J connectivity index is 2.21. The second-order valence-corrected chi connectivity index (χ2v) is 6.34. The van der Waals surface area contributed by atoms with Crippen LogP contribution in [-0.4, -0.2) is 36.7 Å². The number of hydrogen-bond acceptors (Lipinski definition) is 3. The van der Waals surface area contributed by atoms with Gasteiger partial charge in [-0.3, -0.25) is 4.90 Å². The normalized spacial score (nSPS) is 28.6. The van der Waals surface area contributed by atoms with E-state index in [2.05, 4.69) is 31.9 Å². The van der Waals surface area contributed by atoms with E-state index in [4.69, 9.17) is 22.1 Å². The molecule has 1 heterocycles. The Morgan fingerprint density at radius 2 is 2.30 bits per heavy atom. The summed E-state index contributed by atoms with van der Waals surface area (Å²) < 4.78 is 5.69. The van der Waals surface area contributed by atoms with Crippen molar-refractivity contribution < 1.29 is 4.74 Å². The van der Waals surface area contributed by atoms with Crippen molar-refractivity contribution in [2.45, 2.75) is 44.4 Å². The molecule has 3 unspecified atom stereocenters. The summed E-state index contributed by atoms with van der Waals surface area (Å²) in [7, 11) is 2.16. The largest absolute Gasteiger partial charge is 0.378 e. The van der Waals surface area contributed by atoms with E-state index in [1.165, 1.54) is 5.56 Å². The molecule has 1 aliphatic heterocycles. The van der Waals surface area contributed by atoms with Crippen molar-refractivity contribution in [3.8, 4) is 0 Å². The maximum absolute atomic E-state index is 6.12. The molecular weight excluding hydrogens is 272 g/mol. The highest BCUT2D eigenvalue weighted by molar-refractivity contribution is 6.30. The van der Waals surface area contributed by atoms with Crippen LogP contribution in [0.4, 0.5) is 0 Å². The number of nitrogens with zero attached hydrogens (tertiary/aromatic N) is 1. The minimum atomic E-state index is 0.0133. The summed E-state index contributed by atoms with van der Waals surface area (Å²) in [5.74, 6) is 0. The molecule has 0 amide bonds. The number of benzene rings is 1. The van der Waals surface area contributed by atoms with Crippen LogP contribution in [-0.2, 0) is 4.74 Å². The summed E-state index contributed by atoms with van der Waals surface area (Å²) >= 11 is 6.11. The number of hydrogen-bond donors (Lipinski definition) is 1. The van der Waals surface area contributed by atoms with Gasteiger partial charge in [-0.05, 0) is 51.4 Å². The first-order valence-electron chi connectivity index (χ1n) is 7.28. The molecule has 20 heavy (non-hydrogen) atoms. The van der Waals surface area contributed by atoms with E-state index in [-0.39, 0.29) is 17.7 Å². The topological polar surface area (TPSA) is 38.5 Å². The third kappa shape index (κ3) is 3.17. The van der Waals surface area contributed by atoms with Crippen LogP contribution in [0.3, 0.4) is 0 Å². The lowest BCUT2D eigenvalue weighted by molar-refractivity contribution is -0.0666. The fourth-order valence-corrected chi connectivity index (χ4v) is 3.40. The number of halogens is 1. The first kappa shape index (κ1) is 15.8. The Bertz CT molecular complexity index is 454. The lowest BCUT2D eigenvalue weighted by Crippen LogP contribution is -2.57. The Morgan fingerprint density at radius 3 is 2.90 bits per heavy atom. The number of nitrogens with two attached hydrogens (primary N) is 1. The lowest BCUT2D eigenvalue weighted by atomic mass is 9.84. The molecule has 3 nitrogen and oxygen atoms in total. The molecule has 2 rings (SSSR count). The van der Waals surface area contributed by atoms with Gasteiger partial charge in [0, 0.05) is 29.8 Å². The predicted octanol–water partition coefficient (Wildman–Crippen LogP) is 3.23. The van der Waals surface area contributed by atoms with E-state index in [1.54, 1.807) is 0 Å². The van der Waals surface area contributed by atoms with E-state index < -0.39 is 0 Å². The second-order valence-electron chi connectivity index (χ2n) is 5.91. The van der Waals surface area contributed by atoms with Gasteiger partial charge >= 0.3 is 0 Å². The summed E-state index contributed by atoms with van der Waals surface area (Å²) in [6.07, 6.45) is 2.22. The number of ether oxygens (including phenoxy) is 1. The van der Waals surface area contributed by atoms with Crippen LogP contribution < -0.4 is 5.73 Å². The van der Waals surface area contributed by atoms with Gasteiger partial charge in [0.25, 0.3) is 0 Å². The van der Waals surface area contributed by atoms with Crippen molar-refractivity contribution in [2.75, 3.05) is 20.2 Å². The smallest absolute Gasteiger partial charge is 0.0565 e. The van der Waals surface area contributed by atoms with Gasteiger partial charge in [0.2, 0.25) is 0 Å². The summed E-state index contributed by atoms with van der Waals surface area (Å²) in [6, 6.07) is 8.36. The molecule has 1 aromatic rings. The average molecular weight is 297 g/mol. The zero-order valence-corrected chi connectivity index (χ0v) is 13.4. The zero-order valence-electron chi connectivity index (χ0n) is 12.6. The maximum Gasteiger partial charge on any atom is 0.0565 e. The van der Waals surface area contributed by atoms with Gasteiger partial charge in [0.1, 0.15) is 0 Å². The molecule has 0 bridgehead atoms. The summed E-state index contributed by atoms with van der Waals surface area (Å²) in [5, 5.41) is 0.782. The quantitative estimate of drug-likeness (QED) is 0.927. The van der Waals surface area contributed by atoms with Crippen molar-refractivity contribution in [3.05, 3.63) is 34.9 Å². The summed E-state index contributed by atoms with van der Waals surface area (Å²) in [5.41, 5.74) is 7.37. The molecule has 0 aliphatic carbocycles. The molecule has 1 aliphatic rings. The molecule has 4 heteroatoms. The highest BCUT2D eigenvalue weighted by Crippen LogP contribution is 2.35. The molecule has 1 fully saturated rings. The van der Waals surface area contributed by atoms with Gasteiger partial charge in [-0.15, -0.1) is 0 Å². The van der Waals surface area contributed by atoms with Crippen LogP contribution in [0.2, 0.25) is 5.02 Å². The fraction of sp³-hybridized carbons (Fsp3) is 0.625. The Morgan fingerprint density at radius 1 is 1.55 bits per heavy atom. The van der Waals surface area contributed by atoms with Gasteiger partial charge < -0.3 is 10.5 Å². The van der Waals surface area contributed by atoms with Gasteiger partial charge in [-0.25, -0.2) is 0 Å². The van der Waals surface area contributed by atoms with Crippen molar-refractivity contribution in [3.63, 3.8) is 0 Å². The molecule has 0 spiro atoms. The third-order valence-corrected chi connectivity index (χ3v) is 4.91. The molecule has 3 atom stereocenters. The second kappa shape index (κ2) is 6.44. The van der Waals surface area contributed by atoms with Gasteiger partial charge in [0.15, 0.2) is 0 Å². The van der Waals surface area contributed by atoms with Crippen molar-refractivity contribution in [1.82, 2.24) is 4.90 Å². The van der Waals surface area contributed by atoms with E-state index in [0.29, 0.717) is 6.54 Å². The third-order valence-electron chi connectivity index (χ3n) is 4.68. The fourth-order valence-electron chi connectivity index (χ4n) is 3.20. The van der Waals surface area contributed by atoms with Crippen LogP contribution in [0.15, 0.2) is 24.3 Å². The summed E-state index contributed by atoms with van der Waals surface area (Å²) in [4.78, 5) is 2.40. The first-order chi connectivity index (χ1) is 9.48. The lowest BCUT2D eigenvalue weighted by Gasteiger charge is -2.48. The number of likely N-dealkylation sites (N-methyl/N-ethyl adjacent to an activating group) is 1. The molecule has 0 aromatic heterocycles. The van der Waals surface area contributed by atoms with E-state index in [0.717, 1.165) is 24.5 Å². The molecular formula is C16H25ClN2O. The van der Waals surface area contributed by atoms with Crippen LogP contribution in [0, 0.1) is 0 Å². The summed E-state index contributed by atoms with van der Waals surface area (Å²) in [6.45, 7) is 5.78. The predicted molar refractivity (Wildman–Crippen MR) is 84.1 cm³/mol. The first-order valence-corrected chi connectivity index (χ1v) is 7.66. The number of rotatable bonds is 4. The van der Waals surface area contributed by atoms with Gasteiger partial charge in [0.05, 0.1) is 6.10 Å². The molecule has 0 radical (unpaired) electrons. The van der Waals surface area contributed by atoms with Crippen LogP contribution in [0.25, 0.3) is 0 Å². The molecule has 1 aromatic carbocycles. The SMILES string of the molecule is CC1CC(CN)(N(C)C(C)c2cccc(Cl)c2)CCO1. The van der Waals surface area contributed by atoms with Crippen molar-refractivity contribution >= 4 is 11.6 Å². The Hall–Kier alpha value is -0.610.